The molecule has 0 spiro atoms. The maximum absolute atomic E-state index is 11.8. The van der Waals surface area contributed by atoms with Crippen LogP contribution in [-0.2, 0) is 4.79 Å². The van der Waals surface area contributed by atoms with Crippen molar-refractivity contribution in [2.45, 2.75) is 39.0 Å². The van der Waals surface area contributed by atoms with Gasteiger partial charge in [-0.1, -0.05) is 13.3 Å². The van der Waals surface area contributed by atoms with Crippen LogP contribution in [0.25, 0.3) is 0 Å². The summed E-state index contributed by atoms with van der Waals surface area (Å²) in [6, 6.07) is 0. The number of amides is 1. The molecule has 0 aromatic carbocycles. The second-order valence-electron chi connectivity index (χ2n) is 5.16. The van der Waals surface area contributed by atoms with Gasteiger partial charge in [-0.2, -0.15) is 0 Å². The highest BCUT2D eigenvalue weighted by molar-refractivity contribution is 5.79. The normalized spacial score (nSPS) is 27.7. The van der Waals surface area contributed by atoms with E-state index in [0.29, 0.717) is 5.41 Å². The predicted molar refractivity (Wildman–Crippen MR) is 60.6 cm³/mol. The lowest BCUT2D eigenvalue weighted by atomic mass is 10.00. The minimum Gasteiger partial charge on any atom is -0.355 e. The molecular weight excluding hydrogens is 188 g/mol. The summed E-state index contributed by atoms with van der Waals surface area (Å²) in [5.74, 6) is 0.491. The van der Waals surface area contributed by atoms with Crippen molar-refractivity contribution in [3.63, 3.8) is 0 Å². The van der Waals surface area contributed by atoms with Crippen molar-refractivity contribution in [3.8, 4) is 0 Å². The van der Waals surface area contributed by atoms with Crippen LogP contribution in [0.5, 0.6) is 0 Å². The van der Waals surface area contributed by atoms with Crippen LogP contribution in [0.2, 0.25) is 0 Å². The highest BCUT2D eigenvalue weighted by atomic mass is 16.1. The number of hydrogen-bond donors (Lipinski definition) is 2. The van der Waals surface area contributed by atoms with Crippen LogP contribution in [-0.4, -0.2) is 25.5 Å². The molecule has 3 heteroatoms. The van der Waals surface area contributed by atoms with Gasteiger partial charge in [-0.05, 0) is 37.6 Å². The van der Waals surface area contributed by atoms with Gasteiger partial charge in [0.15, 0.2) is 0 Å². The van der Waals surface area contributed by atoms with Crippen LogP contribution in [0.3, 0.4) is 0 Å². The number of hydrogen-bond acceptors (Lipinski definition) is 2. The maximum atomic E-state index is 11.8. The molecule has 0 bridgehead atoms. The molecule has 0 aromatic rings. The maximum Gasteiger partial charge on any atom is 0.224 e. The van der Waals surface area contributed by atoms with Crippen molar-refractivity contribution < 1.29 is 4.79 Å². The first-order chi connectivity index (χ1) is 7.26. The number of carbonyl (C=O) groups excluding carboxylic acids is 1. The van der Waals surface area contributed by atoms with E-state index in [2.05, 4.69) is 17.6 Å². The molecule has 1 saturated heterocycles. The molecule has 1 aliphatic carbocycles. The Bertz CT molecular complexity index is 230. The second-order valence-corrected chi connectivity index (χ2v) is 5.16. The van der Waals surface area contributed by atoms with Gasteiger partial charge in [0.25, 0.3) is 0 Å². The number of rotatable bonds is 5. The van der Waals surface area contributed by atoms with Crippen molar-refractivity contribution in [1.82, 2.24) is 10.6 Å². The highest BCUT2D eigenvalue weighted by Gasteiger charge is 2.41. The first-order valence-corrected chi connectivity index (χ1v) is 6.24. The van der Waals surface area contributed by atoms with E-state index in [4.69, 9.17) is 0 Å². The lowest BCUT2D eigenvalue weighted by molar-refractivity contribution is -0.124. The molecule has 3 nitrogen and oxygen atoms in total. The minimum absolute atomic E-state index is 0.224. The third kappa shape index (κ3) is 2.71. The average molecular weight is 210 g/mol. The van der Waals surface area contributed by atoms with Crippen molar-refractivity contribution in [2.24, 2.45) is 11.3 Å². The zero-order valence-electron chi connectivity index (χ0n) is 9.64. The van der Waals surface area contributed by atoms with Gasteiger partial charge in [-0.25, -0.2) is 0 Å². The third-order valence-corrected chi connectivity index (χ3v) is 3.81. The molecule has 1 amide bonds. The zero-order chi connectivity index (χ0) is 10.7. The lowest BCUT2D eigenvalue weighted by Crippen LogP contribution is -2.35. The van der Waals surface area contributed by atoms with Crippen LogP contribution in [0.15, 0.2) is 0 Å². The van der Waals surface area contributed by atoms with Gasteiger partial charge in [-0.3, -0.25) is 4.79 Å². The molecule has 86 valence electrons. The van der Waals surface area contributed by atoms with E-state index >= 15 is 0 Å². The quantitative estimate of drug-likeness (QED) is 0.718. The Morgan fingerprint density at radius 3 is 2.87 bits per heavy atom. The third-order valence-electron chi connectivity index (χ3n) is 3.81. The van der Waals surface area contributed by atoms with Gasteiger partial charge in [0.05, 0.1) is 5.92 Å². The van der Waals surface area contributed by atoms with Crippen LogP contribution in [0.4, 0.5) is 0 Å². The summed E-state index contributed by atoms with van der Waals surface area (Å²) in [5.41, 5.74) is 0.483. The Labute approximate surface area is 92.0 Å². The fraction of sp³-hybridized carbons (Fsp3) is 0.917. The molecule has 1 heterocycles. The Kier molecular flexibility index (Phi) is 3.29. The number of carbonyl (C=O) groups is 1. The van der Waals surface area contributed by atoms with Gasteiger partial charge in [-0.15, -0.1) is 0 Å². The molecule has 2 rings (SSSR count). The molecule has 0 radical (unpaired) electrons. The summed E-state index contributed by atoms with van der Waals surface area (Å²) in [4.78, 5) is 11.8. The first-order valence-electron chi connectivity index (χ1n) is 6.24. The summed E-state index contributed by atoms with van der Waals surface area (Å²) in [6.45, 7) is 5.00. The standard InChI is InChI=1S/C12H22N2O/c1-2-4-12(5-6-12)9-14-11(15)10-3-7-13-8-10/h10,13H,2-9H2,1H3,(H,14,15)/t10-/m1/s1. The summed E-state index contributed by atoms with van der Waals surface area (Å²) < 4.78 is 0. The second kappa shape index (κ2) is 4.52. The van der Waals surface area contributed by atoms with E-state index in [9.17, 15) is 4.79 Å². The van der Waals surface area contributed by atoms with Crippen LogP contribution in [0, 0.1) is 11.3 Å². The molecule has 1 aliphatic heterocycles. The largest absolute Gasteiger partial charge is 0.355 e. The Balaban J connectivity index is 1.70. The highest BCUT2D eigenvalue weighted by Crippen LogP contribution is 2.48. The average Bonchev–Trinajstić information content (AvgIpc) is 2.81. The lowest BCUT2D eigenvalue weighted by Gasteiger charge is -2.16. The minimum atomic E-state index is 0.224. The van der Waals surface area contributed by atoms with E-state index < -0.39 is 0 Å². The molecule has 0 aromatic heterocycles. The molecular formula is C12H22N2O. The van der Waals surface area contributed by atoms with Crippen molar-refractivity contribution in [1.29, 1.82) is 0 Å². The molecule has 15 heavy (non-hydrogen) atoms. The van der Waals surface area contributed by atoms with Gasteiger partial charge >= 0.3 is 0 Å². The summed E-state index contributed by atoms with van der Waals surface area (Å²) in [6.07, 6.45) is 6.14. The molecule has 1 saturated carbocycles. The monoisotopic (exact) mass is 210 g/mol. The van der Waals surface area contributed by atoms with Gasteiger partial charge in [0, 0.05) is 13.1 Å². The molecule has 2 N–H and O–H groups in total. The molecule has 0 unspecified atom stereocenters. The summed E-state index contributed by atoms with van der Waals surface area (Å²) in [7, 11) is 0. The predicted octanol–water partition coefficient (Wildman–Crippen LogP) is 1.29. The molecule has 1 atom stereocenters. The van der Waals surface area contributed by atoms with Crippen molar-refractivity contribution in [2.75, 3.05) is 19.6 Å². The van der Waals surface area contributed by atoms with Gasteiger partial charge < -0.3 is 10.6 Å². The van der Waals surface area contributed by atoms with E-state index in [-0.39, 0.29) is 11.8 Å². The van der Waals surface area contributed by atoms with Gasteiger partial charge in [0.2, 0.25) is 5.91 Å². The molecule has 2 fully saturated rings. The SMILES string of the molecule is CCCC1(CNC(=O)[C@@H]2CCNC2)CC1. The molecule has 2 aliphatic rings. The van der Waals surface area contributed by atoms with E-state index in [1.807, 2.05) is 0 Å². The number of nitrogens with one attached hydrogen (secondary N) is 2. The zero-order valence-corrected chi connectivity index (χ0v) is 9.64. The van der Waals surface area contributed by atoms with E-state index in [1.165, 1.54) is 25.7 Å². The summed E-state index contributed by atoms with van der Waals surface area (Å²) in [5, 5.41) is 6.36. The summed E-state index contributed by atoms with van der Waals surface area (Å²) >= 11 is 0. The van der Waals surface area contributed by atoms with E-state index in [1.54, 1.807) is 0 Å². The topological polar surface area (TPSA) is 41.1 Å². The van der Waals surface area contributed by atoms with Gasteiger partial charge in [0.1, 0.15) is 0 Å². The first kappa shape index (κ1) is 10.9. The van der Waals surface area contributed by atoms with Crippen LogP contribution >= 0.6 is 0 Å². The van der Waals surface area contributed by atoms with Crippen molar-refractivity contribution in [3.05, 3.63) is 0 Å². The fourth-order valence-corrected chi connectivity index (χ4v) is 2.52. The Hall–Kier alpha value is -0.570. The van der Waals surface area contributed by atoms with Crippen LogP contribution < -0.4 is 10.6 Å². The Morgan fingerprint density at radius 1 is 1.53 bits per heavy atom. The van der Waals surface area contributed by atoms with Crippen molar-refractivity contribution >= 4 is 5.91 Å². The smallest absolute Gasteiger partial charge is 0.224 e. The Morgan fingerprint density at radius 2 is 2.33 bits per heavy atom. The fourth-order valence-electron chi connectivity index (χ4n) is 2.52. The van der Waals surface area contributed by atoms with Crippen LogP contribution in [0.1, 0.15) is 39.0 Å². The van der Waals surface area contributed by atoms with E-state index in [0.717, 1.165) is 26.1 Å².